The van der Waals surface area contributed by atoms with E-state index in [9.17, 15) is 14.9 Å². The normalized spacial score (nSPS) is 20.0. The molecule has 8 nitrogen and oxygen atoms in total. The molecular weight excluding hydrogens is 286 g/mol. The number of carbonyl (C=O) groups is 1. The van der Waals surface area contributed by atoms with Crippen LogP contribution in [0.4, 0.5) is 5.69 Å². The van der Waals surface area contributed by atoms with Gasteiger partial charge in [-0.25, -0.2) is 4.99 Å². The van der Waals surface area contributed by atoms with Crippen molar-refractivity contribution in [1.29, 1.82) is 0 Å². The summed E-state index contributed by atoms with van der Waals surface area (Å²) in [6.07, 6.45) is 1.62. The first-order valence-corrected chi connectivity index (χ1v) is 6.95. The summed E-state index contributed by atoms with van der Waals surface area (Å²) in [5, 5.41) is 16.6. The lowest BCUT2D eigenvalue weighted by Gasteiger charge is -2.28. The number of amides is 1. The van der Waals surface area contributed by atoms with Crippen LogP contribution in [0.15, 0.2) is 35.0 Å². The van der Waals surface area contributed by atoms with Gasteiger partial charge < -0.3 is 10.2 Å². The zero-order valence-electron chi connectivity index (χ0n) is 11.8. The molecule has 0 aliphatic carbocycles. The molecule has 22 heavy (non-hydrogen) atoms. The Morgan fingerprint density at radius 2 is 1.91 bits per heavy atom. The molecule has 114 valence electrons. The second-order valence-electron chi connectivity index (χ2n) is 5.00. The average Bonchev–Trinajstić information content (AvgIpc) is 2.90. The Labute approximate surface area is 126 Å². The van der Waals surface area contributed by atoms with Crippen LogP contribution in [0.3, 0.4) is 0 Å². The number of carbonyl (C=O) groups excluding carboxylic acids is 1. The van der Waals surface area contributed by atoms with Crippen LogP contribution >= 0.6 is 0 Å². The van der Waals surface area contributed by atoms with E-state index < -0.39 is 4.92 Å². The molecule has 0 bridgehead atoms. The van der Waals surface area contributed by atoms with Gasteiger partial charge in [-0.3, -0.25) is 20.2 Å². The van der Waals surface area contributed by atoms with Gasteiger partial charge in [0.2, 0.25) is 5.96 Å². The number of aliphatic imine (C=N–C) groups is 1. The van der Waals surface area contributed by atoms with Crippen LogP contribution in [0, 0.1) is 10.1 Å². The van der Waals surface area contributed by atoms with E-state index >= 15 is 0 Å². The molecule has 1 saturated heterocycles. The number of guanidine groups is 1. The smallest absolute Gasteiger partial charge is 0.276 e. The van der Waals surface area contributed by atoms with E-state index in [0.717, 1.165) is 26.2 Å². The molecular formula is C14H15N5O3. The highest BCUT2D eigenvalue weighted by Crippen LogP contribution is 2.17. The van der Waals surface area contributed by atoms with E-state index in [-0.39, 0.29) is 11.6 Å². The molecule has 2 aliphatic heterocycles. The fourth-order valence-electron chi connectivity index (χ4n) is 2.33. The Balaban J connectivity index is 1.79. The molecule has 2 N–H and O–H groups in total. The van der Waals surface area contributed by atoms with Crippen LogP contribution in [-0.2, 0) is 4.79 Å². The van der Waals surface area contributed by atoms with Gasteiger partial charge in [0.1, 0.15) is 5.70 Å². The molecule has 2 heterocycles. The highest BCUT2D eigenvalue weighted by Gasteiger charge is 2.25. The fourth-order valence-corrected chi connectivity index (χ4v) is 2.33. The number of hydrogen-bond donors (Lipinski definition) is 2. The molecule has 8 heteroatoms. The van der Waals surface area contributed by atoms with Gasteiger partial charge in [-0.05, 0) is 23.8 Å². The first-order chi connectivity index (χ1) is 10.6. The summed E-state index contributed by atoms with van der Waals surface area (Å²) in [4.78, 5) is 28.5. The highest BCUT2D eigenvalue weighted by atomic mass is 16.6. The standard InChI is InChI=1S/C14H15N5O3/c20-13-12(9-10-1-3-11(4-2-10)19(21)22)16-14(17-13)18-7-5-15-6-8-18/h1-4,9,15H,5-8H2,(H,16,17,20). The van der Waals surface area contributed by atoms with Gasteiger partial charge in [-0.1, -0.05) is 0 Å². The number of nitro groups is 1. The van der Waals surface area contributed by atoms with Crippen molar-refractivity contribution in [1.82, 2.24) is 15.5 Å². The third kappa shape index (κ3) is 2.96. The number of benzene rings is 1. The van der Waals surface area contributed by atoms with E-state index in [2.05, 4.69) is 15.6 Å². The first kappa shape index (κ1) is 14.2. The highest BCUT2D eigenvalue weighted by molar-refractivity contribution is 6.13. The van der Waals surface area contributed by atoms with Crippen molar-refractivity contribution in [2.24, 2.45) is 4.99 Å². The molecule has 1 aromatic rings. The lowest BCUT2D eigenvalue weighted by molar-refractivity contribution is -0.384. The Morgan fingerprint density at radius 1 is 1.23 bits per heavy atom. The summed E-state index contributed by atoms with van der Waals surface area (Å²) in [5.74, 6) is 0.312. The zero-order valence-corrected chi connectivity index (χ0v) is 11.8. The SMILES string of the molecule is O=C1NC(N2CCNCC2)=NC1=Cc1ccc([N+](=O)[O-])cc1. The fraction of sp³-hybridized carbons (Fsp3) is 0.286. The average molecular weight is 301 g/mol. The predicted molar refractivity (Wildman–Crippen MR) is 81.1 cm³/mol. The number of rotatable bonds is 2. The minimum absolute atomic E-state index is 0.0167. The quantitative estimate of drug-likeness (QED) is 0.466. The molecule has 0 atom stereocenters. The second kappa shape index (κ2) is 5.94. The molecule has 2 aliphatic rings. The molecule has 0 unspecified atom stereocenters. The van der Waals surface area contributed by atoms with E-state index in [1.807, 2.05) is 4.90 Å². The van der Waals surface area contributed by atoms with Gasteiger partial charge >= 0.3 is 0 Å². The Morgan fingerprint density at radius 3 is 2.55 bits per heavy atom. The van der Waals surface area contributed by atoms with Gasteiger partial charge in [0.15, 0.2) is 0 Å². The Bertz CT molecular complexity index is 660. The van der Waals surface area contributed by atoms with Crippen LogP contribution in [0.1, 0.15) is 5.56 Å². The lowest BCUT2D eigenvalue weighted by atomic mass is 10.2. The molecule has 1 aromatic carbocycles. The Hall–Kier alpha value is -2.74. The third-order valence-corrected chi connectivity index (χ3v) is 3.51. The van der Waals surface area contributed by atoms with Crippen LogP contribution < -0.4 is 10.6 Å². The molecule has 0 saturated carbocycles. The maximum atomic E-state index is 12.0. The second-order valence-corrected chi connectivity index (χ2v) is 5.00. The number of nitrogens with one attached hydrogen (secondary N) is 2. The third-order valence-electron chi connectivity index (χ3n) is 3.51. The van der Waals surface area contributed by atoms with Gasteiger partial charge in [-0.15, -0.1) is 0 Å². The minimum atomic E-state index is -0.458. The topological polar surface area (TPSA) is 99.9 Å². The molecule has 3 rings (SSSR count). The van der Waals surface area contributed by atoms with Crippen LogP contribution in [-0.4, -0.2) is 47.9 Å². The molecule has 0 radical (unpaired) electrons. The predicted octanol–water partition coefficient (Wildman–Crippen LogP) is 0.327. The summed E-state index contributed by atoms with van der Waals surface area (Å²) < 4.78 is 0. The lowest BCUT2D eigenvalue weighted by Crippen LogP contribution is -2.50. The number of nitro benzene ring substituents is 1. The number of non-ortho nitro benzene ring substituents is 1. The molecule has 0 spiro atoms. The van der Waals surface area contributed by atoms with Crippen molar-refractivity contribution in [3.63, 3.8) is 0 Å². The zero-order chi connectivity index (χ0) is 15.5. The number of hydrogen-bond acceptors (Lipinski definition) is 6. The number of nitrogens with zero attached hydrogens (tertiary/aromatic N) is 3. The van der Waals surface area contributed by atoms with Crippen molar-refractivity contribution in [3.8, 4) is 0 Å². The minimum Gasteiger partial charge on any atom is -0.340 e. The van der Waals surface area contributed by atoms with Gasteiger partial charge in [0.05, 0.1) is 4.92 Å². The van der Waals surface area contributed by atoms with Crippen LogP contribution in [0.5, 0.6) is 0 Å². The van der Waals surface area contributed by atoms with E-state index in [0.29, 0.717) is 17.2 Å². The van der Waals surface area contributed by atoms with Crippen LogP contribution in [0.25, 0.3) is 6.08 Å². The van der Waals surface area contributed by atoms with Crippen molar-refractivity contribution in [2.75, 3.05) is 26.2 Å². The summed E-state index contributed by atoms with van der Waals surface area (Å²) in [6.45, 7) is 3.31. The van der Waals surface area contributed by atoms with Gasteiger partial charge in [0, 0.05) is 38.3 Å². The molecule has 1 fully saturated rings. The van der Waals surface area contributed by atoms with Crippen molar-refractivity contribution >= 4 is 23.6 Å². The van der Waals surface area contributed by atoms with E-state index in [1.165, 1.54) is 12.1 Å². The molecule has 0 aromatic heterocycles. The van der Waals surface area contributed by atoms with Crippen molar-refractivity contribution in [3.05, 3.63) is 45.6 Å². The maximum absolute atomic E-state index is 12.0. The van der Waals surface area contributed by atoms with Crippen molar-refractivity contribution < 1.29 is 9.72 Å². The van der Waals surface area contributed by atoms with E-state index in [1.54, 1.807) is 18.2 Å². The molecule has 1 amide bonds. The maximum Gasteiger partial charge on any atom is 0.276 e. The van der Waals surface area contributed by atoms with Crippen LogP contribution in [0.2, 0.25) is 0 Å². The summed E-state index contributed by atoms with van der Waals surface area (Å²) in [5.41, 5.74) is 1.02. The summed E-state index contributed by atoms with van der Waals surface area (Å²) in [7, 11) is 0. The summed E-state index contributed by atoms with van der Waals surface area (Å²) in [6, 6.07) is 5.99. The van der Waals surface area contributed by atoms with Gasteiger partial charge in [-0.2, -0.15) is 0 Å². The van der Waals surface area contributed by atoms with Crippen molar-refractivity contribution in [2.45, 2.75) is 0 Å². The van der Waals surface area contributed by atoms with Gasteiger partial charge in [0.25, 0.3) is 11.6 Å². The monoisotopic (exact) mass is 301 g/mol. The number of piperazine rings is 1. The Kier molecular flexibility index (Phi) is 3.84. The first-order valence-electron chi connectivity index (χ1n) is 6.95. The summed E-state index contributed by atoms with van der Waals surface area (Å²) >= 11 is 0. The van der Waals surface area contributed by atoms with E-state index in [4.69, 9.17) is 0 Å². The largest absolute Gasteiger partial charge is 0.340 e.